The van der Waals surface area contributed by atoms with Crippen LogP contribution in [0.15, 0.2) is 0 Å². The number of carboxylic acid groups (broad SMARTS) is 2. The van der Waals surface area contributed by atoms with E-state index in [1.54, 1.807) is 0 Å². The predicted molar refractivity (Wildman–Crippen MR) is 83.9 cm³/mol. The number of carbonyl (C=O) groups excluding carboxylic acids is 2. The lowest BCUT2D eigenvalue weighted by atomic mass is 10.1. The summed E-state index contributed by atoms with van der Waals surface area (Å²) in [6, 6.07) is -1.99. The number of amides is 2. The van der Waals surface area contributed by atoms with Crippen molar-refractivity contribution in [1.82, 2.24) is 16.0 Å². The van der Waals surface area contributed by atoms with Crippen LogP contribution in [0.4, 0.5) is 0 Å². The topological polar surface area (TPSA) is 145 Å². The maximum atomic E-state index is 11.8. The summed E-state index contributed by atoms with van der Waals surface area (Å²) in [5, 5.41) is 24.5. The number of carboxylic acids is 2. The van der Waals surface area contributed by atoms with Crippen LogP contribution in [0.1, 0.15) is 12.8 Å². The first-order valence-corrected chi connectivity index (χ1v) is 7.24. The normalized spacial score (nSPS) is 12.5. The molecule has 0 bridgehead atoms. The molecule has 0 saturated heterocycles. The highest BCUT2D eigenvalue weighted by molar-refractivity contribution is 7.80. The van der Waals surface area contributed by atoms with Gasteiger partial charge in [-0.05, 0) is 6.42 Å². The number of carbonyl (C=O) groups is 4. The summed E-state index contributed by atoms with van der Waals surface area (Å²) in [4.78, 5) is 44.7. The van der Waals surface area contributed by atoms with E-state index in [0.29, 0.717) is 0 Å². The van der Waals surface area contributed by atoms with E-state index >= 15 is 0 Å². The number of aliphatic carboxylic acids is 2. The van der Waals surface area contributed by atoms with Crippen LogP contribution in [0, 0.1) is 12.3 Å². The van der Waals surface area contributed by atoms with Gasteiger partial charge in [-0.3, -0.25) is 24.5 Å². The van der Waals surface area contributed by atoms with E-state index in [4.69, 9.17) is 16.6 Å². The molecule has 5 N–H and O–H groups in total. The average Bonchev–Trinajstić information content (AvgIpc) is 2.49. The van der Waals surface area contributed by atoms with E-state index in [-0.39, 0.29) is 25.1 Å². The van der Waals surface area contributed by atoms with E-state index < -0.39 is 42.4 Å². The largest absolute Gasteiger partial charge is 0.480 e. The van der Waals surface area contributed by atoms with Gasteiger partial charge in [0.1, 0.15) is 18.6 Å². The van der Waals surface area contributed by atoms with Crippen molar-refractivity contribution in [2.24, 2.45) is 0 Å². The Kier molecular flexibility index (Phi) is 10.2. The molecule has 0 aromatic carbocycles. The predicted octanol–water partition coefficient (Wildman–Crippen LogP) is -1.94. The molecular formula is C13H19N3O6S. The molecule has 0 fully saturated rings. The highest BCUT2D eigenvalue weighted by atomic mass is 32.1. The van der Waals surface area contributed by atoms with Crippen LogP contribution < -0.4 is 16.0 Å². The van der Waals surface area contributed by atoms with E-state index in [0.717, 1.165) is 0 Å². The summed E-state index contributed by atoms with van der Waals surface area (Å²) in [7, 11) is 0. The van der Waals surface area contributed by atoms with Crippen LogP contribution in [0.5, 0.6) is 0 Å². The molecule has 0 rings (SSSR count). The van der Waals surface area contributed by atoms with E-state index in [9.17, 15) is 19.2 Å². The number of hydrogen-bond donors (Lipinski definition) is 6. The van der Waals surface area contributed by atoms with E-state index in [1.165, 1.54) is 0 Å². The van der Waals surface area contributed by atoms with Crippen LogP contribution >= 0.6 is 12.6 Å². The SMILES string of the molecule is C#CCN[C@@H](CCC(=O)N[C@@H](CS)C(=O)NCC(=O)O)C(=O)O. The van der Waals surface area contributed by atoms with Crippen LogP contribution in [-0.2, 0) is 19.2 Å². The van der Waals surface area contributed by atoms with Crippen molar-refractivity contribution in [2.75, 3.05) is 18.8 Å². The van der Waals surface area contributed by atoms with Gasteiger partial charge >= 0.3 is 11.9 Å². The summed E-state index contributed by atoms with van der Waals surface area (Å²) in [5.74, 6) is -1.39. The zero-order chi connectivity index (χ0) is 17.8. The summed E-state index contributed by atoms with van der Waals surface area (Å²) in [6.07, 6.45) is 4.86. The molecule has 2 amide bonds. The second kappa shape index (κ2) is 11.3. The Morgan fingerprint density at radius 2 is 1.83 bits per heavy atom. The molecule has 0 unspecified atom stereocenters. The first kappa shape index (κ1) is 20.8. The molecule has 128 valence electrons. The first-order valence-electron chi connectivity index (χ1n) is 6.61. The highest BCUT2D eigenvalue weighted by Crippen LogP contribution is 1.99. The molecule has 10 heteroatoms. The standard InChI is InChI=1S/C13H19N3O6S/c1-2-5-14-8(13(21)22)3-4-10(17)16-9(7-23)12(20)15-6-11(18)19/h1,8-9,14,23H,3-7H2,(H,15,20)(H,16,17)(H,18,19)(H,21,22)/t8-,9-/m0/s1. The van der Waals surface area contributed by atoms with Crippen LogP contribution in [0.2, 0.25) is 0 Å². The smallest absolute Gasteiger partial charge is 0.322 e. The Balaban J connectivity index is 4.37. The van der Waals surface area contributed by atoms with Crippen molar-refractivity contribution >= 4 is 36.4 Å². The Bertz CT molecular complexity index is 491. The summed E-state index contributed by atoms with van der Waals surface area (Å²) in [5.41, 5.74) is 0. The van der Waals surface area contributed by atoms with Crippen LogP contribution in [0.3, 0.4) is 0 Å². The second-order valence-corrected chi connectivity index (χ2v) is 4.79. The van der Waals surface area contributed by atoms with Gasteiger partial charge in [0.25, 0.3) is 0 Å². The molecule has 0 saturated carbocycles. The minimum absolute atomic E-state index is 0.0150. The highest BCUT2D eigenvalue weighted by Gasteiger charge is 2.22. The number of thiol groups is 1. The lowest BCUT2D eigenvalue weighted by Gasteiger charge is -2.17. The van der Waals surface area contributed by atoms with E-state index in [2.05, 4.69) is 34.5 Å². The maximum Gasteiger partial charge on any atom is 0.322 e. The number of nitrogens with one attached hydrogen (secondary N) is 3. The second-order valence-electron chi connectivity index (χ2n) is 4.43. The van der Waals surface area contributed by atoms with Gasteiger partial charge in [0.15, 0.2) is 0 Å². The molecule has 0 aromatic rings. The van der Waals surface area contributed by atoms with Gasteiger partial charge in [-0.15, -0.1) is 6.42 Å². The zero-order valence-electron chi connectivity index (χ0n) is 12.2. The Morgan fingerprint density at radius 3 is 2.30 bits per heavy atom. The quantitative estimate of drug-likeness (QED) is 0.189. The van der Waals surface area contributed by atoms with Crippen molar-refractivity contribution in [3.05, 3.63) is 0 Å². The molecule has 2 atom stereocenters. The first-order chi connectivity index (χ1) is 10.8. The number of hydrogen-bond acceptors (Lipinski definition) is 6. The van der Waals surface area contributed by atoms with Crippen molar-refractivity contribution in [2.45, 2.75) is 24.9 Å². The number of terminal acetylenes is 1. The summed E-state index contributed by atoms with van der Waals surface area (Å²) in [6.45, 7) is -0.522. The summed E-state index contributed by atoms with van der Waals surface area (Å²) >= 11 is 3.91. The van der Waals surface area contributed by atoms with Crippen molar-refractivity contribution in [1.29, 1.82) is 0 Å². The average molecular weight is 345 g/mol. The Hall–Kier alpha value is -2.25. The molecule has 23 heavy (non-hydrogen) atoms. The minimum Gasteiger partial charge on any atom is -0.480 e. The molecule has 0 aliphatic rings. The molecule has 0 aromatic heterocycles. The fourth-order valence-electron chi connectivity index (χ4n) is 1.52. The number of rotatable bonds is 11. The molecular weight excluding hydrogens is 326 g/mol. The minimum atomic E-state index is -1.22. The fraction of sp³-hybridized carbons (Fsp3) is 0.538. The van der Waals surface area contributed by atoms with Gasteiger partial charge < -0.3 is 20.8 Å². The van der Waals surface area contributed by atoms with Gasteiger partial charge in [0, 0.05) is 12.2 Å². The van der Waals surface area contributed by atoms with Crippen molar-refractivity contribution in [3.8, 4) is 12.3 Å². The third-order valence-corrected chi connectivity index (χ3v) is 3.02. The third kappa shape index (κ3) is 9.38. The summed E-state index contributed by atoms with van der Waals surface area (Å²) < 4.78 is 0. The Morgan fingerprint density at radius 1 is 1.17 bits per heavy atom. The maximum absolute atomic E-state index is 11.8. The molecule has 9 nitrogen and oxygen atoms in total. The zero-order valence-corrected chi connectivity index (χ0v) is 13.1. The van der Waals surface area contributed by atoms with Gasteiger partial charge in [-0.25, -0.2) is 0 Å². The van der Waals surface area contributed by atoms with Crippen molar-refractivity contribution < 1.29 is 29.4 Å². The molecule has 0 aliphatic heterocycles. The van der Waals surface area contributed by atoms with Gasteiger partial charge in [0.05, 0.1) is 6.54 Å². The van der Waals surface area contributed by atoms with Crippen LogP contribution in [0.25, 0.3) is 0 Å². The van der Waals surface area contributed by atoms with Crippen LogP contribution in [-0.4, -0.2) is 64.9 Å². The molecule has 0 radical (unpaired) electrons. The molecule has 0 spiro atoms. The van der Waals surface area contributed by atoms with E-state index in [1.807, 2.05) is 0 Å². The monoisotopic (exact) mass is 345 g/mol. The molecule has 0 aliphatic carbocycles. The molecule has 0 heterocycles. The Labute approximate surface area is 138 Å². The van der Waals surface area contributed by atoms with Gasteiger partial charge in [0.2, 0.25) is 11.8 Å². The lowest BCUT2D eigenvalue weighted by molar-refractivity contribution is -0.139. The fourth-order valence-corrected chi connectivity index (χ4v) is 1.77. The van der Waals surface area contributed by atoms with Gasteiger partial charge in [-0.1, -0.05) is 5.92 Å². The lowest BCUT2D eigenvalue weighted by Crippen LogP contribution is -2.49. The van der Waals surface area contributed by atoms with Gasteiger partial charge in [-0.2, -0.15) is 12.6 Å². The van der Waals surface area contributed by atoms with Crippen molar-refractivity contribution in [3.63, 3.8) is 0 Å². The third-order valence-electron chi connectivity index (χ3n) is 2.66.